The third-order valence-corrected chi connectivity index (χ3v) is 8.34. The summed E-state index contributed by atoms with van der Waals surface area (Å²) in [6.45, 7) is 1.94. The van der Waals surface area contributed by atoms with Gasteiger partial charge in [0, 0.05) is 29.4 Å². The molecule has 12 heteroatoms. The molecule has 0 fully saturated rings. The van der Waals surface area contributed by atoms with Crippen LogP contribution < -0.4 is 10.9 Å². The Hall–Kier alpha value is -5.26. The summed E-state index contributed by atoms with van der Waals surface area (Å²) in [6, 6.07) is 5.34. The standard InChI is InChI=1S/C33H31N3O9/c1-2-19-20-13-18(37)8-9-24(20)35-29-22(19)15-36-26(29)14-21-23(31(36)40)16-44-33(43)30(21)45-28(39)11-10-27(38)34-25(32(41)42)12-17-6-4-3-5-7-17/h4,6-9,13-14,25,30,37H,2-3,5,10-12,15-16H2,1H3,(H,34,38)(H,41,42). The molecule has 45 heavy (non-hydrogen) atoms. The number of phenols is 1. The van der Waals surface area contributed by atoms with Crippen LogP contribution >= 0.6 is 0 Å². The molecule has 2 unspecified atom stereocenters. The zero-order chi connectivity index (χ0) is 31.8. The number of hydrogen-bond donors (Lipinski definition) is 3. The van der Waals surface area contributed by atoms with Gasteiger partial charge >= 0.3 is 17.9 Å². The molecule has 1 amide bonds. The summed E-state index contributed by atoms with van der Waals surface area (Å²) in [5.41, 5.74) is 4.23. The molecule has 2 atom stereocenters. The third kappa shape index (κ3) is 5.70. The summed E-state index contributed by atoms with van der Waals surface area (Å²) in [5.74, 6) is -3.48. The molecular formula is C33H31N3O9. The minimum atomic E-state index is -1.52. The number of nitrogens with one attached hydrogen (secondary N) is 1. The van der Waals surface area contributed by atoms with Gasteiger partial charge in [0.25, 0.3) is 5.56 Å². The van der Waals surface area contributed by atoms with Crippen molar-refractivity contribution in [2.75, 3.05) is 0 Å². The van der Waals surface area contributed by atoms with Crippen molar-refractivity contribution >= 4 is 34.7 Å². The van der Waals surface area contributed by atoms with Crippen molar-refractivity contribution in [1.82, 2.24) is 14.9 Å². The Balaban J connectivity index is 1.21. The minimum absolute atomic E-state index is 0.108. The maximum Gasteiger partial charge on any atom is 0.352 e. The van der Waals surface area contributed by atoms with Crippen LogP contribution in [-0.2, 0) is 48.2 Å². The monoisotopic (exact) mass is 613 g/mol. The lowest BCUT2D eigenvalue weighted by molar-refractivity contribution is -0.171. The molecular weight excluding hydrogens is 582 g/mol. The summed E-state index contributed by atoms with van der Waals surface area (Å²) < 4.78 is 12.2. The number of cyclic esters (lactones) is 1. The van der Waals surface area contributed by atoms with E-state index >= 15 is 0 Å². The van der Waals surface area contributed by atoms with Gasteiger partial charge in [0.15, 0.2) is 0 Å². The van der Waals surface area contributed by atoms with Gasteiger partial charge in [0.05, 0.1) is 35.4 Å². The number of pyridine rings is 2. The molecule has 232 valence electrons. The van der Waals surface area contributed by atoms with Gasteiger partial charge in [-0.2, -0.15) is 0 Å². The number of carboxylic acids is 1. The van der Waals surface area contributed by atoms with E-state index in [9.17, 15) is 34.2 Å². The number of phenolic OH excluding ortho intramolecular Hbond substituents is 1. The molecule has 2 aromatic heterocycles. The van der Waals surface area contributed by atoms with Crippen LogP contribution in [0.3, 0.4) is 0 Å². The fourth-order valence-electron chi connectivity index (χ4n) is 6.13. The Morgan fingerprint density at radius 1 is 1.16 bits per heavy atom. The number of benzene rings is 1. The molecule has 2 aliphatic heterocycles. The number of carbonyl (C=O) groups excluding carboxylic acids is 3. The van der Waals surface area contributed by atoms with Crippen molar-refractivity contribution in [2.24, 2.45) is 0 Å². The Labute approximate surface area is 257 Å². The van der Waals surface area contributed by atoms with Gasteiger partial charge in [-0.3, -0.25) is 14.4 Å². The number of ether oxygens (including phenoxy) is 2. The van der Waals surface area contributed by atoms with Gasteiger partial charge in [-0.15, -0.1) is 0 Å². The van der Waals surface area contributed by atoms with E-state index in [0.717, 1.165) is 34.9 Å². The van der Waals surface area contributed by atoms with Gasteiger partial charge in [-0.25, -0.2) is 14.6 Å². The topological polar surface area (TPSA) is 174 Å². The van der Waals surface area contributed by atoms with Crippen LogP contribution in [0.25, 0.3) is 22.3 Å². The molecule has 3 N–H and O–H groups in total. The predicted octanol–water partition coefficient (Wildman–Crippen LogP) is 3.35. The van der Waals surface area contributed by atoms with Crippen LogP contribution in [-0.4, -0.2) is 49.6 Å². The van der Waals surface area contributed by atoms with Gasteiger partial charge in [0.1, 0.15) is 18.4 Å². The van der Waals surface area contributed by atoms with Crippen LogP contribution in [0.5, 0.6) is 5.75 Å². The third-order valence-electron chi connectivity index (χ3n) is 8.34. The number of esters is 2. The molecule has 4 heterocycles. The molecule has 12 nitrogen and oxygen atoms in total. The molecule has 0 saturated carbocycles. The number of carbonyl (C=O) groups is 4. The van der Waals surface area contributed by atoms with Crippen molar-refractivity contribution in [3.05, 3.63) is 80.7 Å². The van der Waals surface area contributed by atoms with E-state index in [2.05, 4.69) is 5.32 Å². The second-order valence-corrected chi connectivity index (χ2v) is 11.2. The maximum absolute atomic E-state index is 13.6. The number of allylic oxidation sites excluding steroid dienone is 3. The molecule has 1 aliphatic carbocycles. The molecule has 3 aliphatic rings. The number of fused-ring (bicyclic) bond motifs is 5. The average Bonchev–Trinajstić information content (AvgIpc) is 3.39. The number of aromatic nitrogens is 2. The number of nitrogens with zero attached hydrogens (tertiary/aromatic N) is 2. The number of aromatic hydroxyl groups is 1. The Bertz CT molecular complexity index is 1890. The molecule has 6 rings (SSSR count). The van der Waals surface area contributed by atoms with Crippen LogP contribution in [0.2, 0.25) is 0 Å². The van der Waals surface area contributed by atoms with Crippen molar-refractivity contribution in [3.8, 4) is 17.1 Å². The first-order valence-corrected chi connectivity index (χ1v) is 14.8. The number of hydrogen-bond acceptors (Lipinski definition) is 9. The predicted molar refractivity (Wildman–Crippen MR) is 160 cm³/mol. The first kappa shape index (κ1) is 29.8. The van der Waals surface area contributed by atoms with E-state index in [1.165, 1.54) is 6.07 Å². The summed E-state index contributed by atoms with van der Waals surface area (Å²) in [7, 11) is 0. The second-order valence-electron chi connectivity index (χ2n) is 11.2. The number of amides is 1. The zero-order valence-corrected chi connectivity index (χ0v) is 24.5. The lowest BCUT2D eigenvalue weighted by Crippen LogP contribution is -2.41. The van der Waals surface area contributed by atoms with Crippen molar-refractivity contribution < 1.29 is 38.9 Å². The Morgan fingerprint density at radius 3 is 2.71 bits per heavy atom. The fourth-order valence-corrected chi connectivity index (χ4v) is 6.13. The van der Waals surface area contributed by atoms with Gasteiger partial charge < -0.3 is 29.6 Å². The highest BCUT2D eigenvalue weighted by molar-refractivity contribution is 5.90. The highest BCUT2D eigenvalue weighted by Gasteiger charge is 2.38. The molecule has 0 spiro atoms. The Kier molecular flexibility index (Phi) is 7.96. The summed E-state index contributed by atoms with van der Waals surface area (Å²) in [5, 5.41) is 22.8. The molecule has 3 aromatic rings. The number of aryl methyl sites for hydroxylation is 1. The molecule has 0 radical (unpaired) electrons. The second kappa shape index (κ2) is 12.0. The zero-order valence-electron chi connectivity index (χ0n) is 24.5. The average molecular weight is 614 g/mol. The molecule has 0 saturated heterocycles. The van der Waals surface area contributed by atoms with Gasteiger partial charge in [-0.05, 0) is 54.7 Å². The molecule has 0 bridgehead atoms. The number of aliphatic carboxylic acids is 1. The highest BCUT2D eigenvalue weighted by atomic mass is 16.6. The van der Waals surface area contributed by atoms with Gasteiger partial charge in [-0.1, -0.05) is 25.2 Å². The molecule has 1 aromatic carbocycles. The number of carboxylic acid groups (broad SMARTS) is 1. The largest absolute Gasteiger partial charge is 0.508 e. The van der Waals surface area contributed by atoms with E-state index < -0.39 is 47.9 Å². The van der Waals surface area contributed by atoms with E-state index in [1.54, 1.807) is 22.8 Å². The minimum Gasteiger partial charge on any atom is -0.508 e. The summed E-state index contributed by atoms with van der Waals surface area (Å²) in [4.78, 5) is 68.3. The Morgan fingerprint density at radius 2 is 1.98 bits per heavy atom. The van der Waals surface area contributed by atoms with Crippen molar-refractivity contribution in [2.45, 2.75) is 70.7 Å². The van der Waals surface area contributed by atoms with E-state index in [1.807, 2.05) is 25.2 Å². The summed E-state index contributed by atoms with van der Waals surface area (Å²) >= 11 is 0. The number of rotatable bonds is 9. The first-order valence-electron chi connectivity index (χ1n) is 14.8. The highest BCUT2D eigenvalue weighted by Crippen LogP contribution is 2.39. The first-order chi connectivity index (χ1) is 21.6. The van der Waals surface area contributed by atoms with E-state index in [-0.39, 0.29) is 42.9 Å². The van der Waals surface area contributed by atoms with Crippen LogP contribution in [0.4, 0.5) is 0 Å². The lowest BCUT2D eigenvalue weighted by atomic mass is 9.97. The SMILES string of the molecule is CCc1c2c(nc3ccc(O)cc13)-c1cc3c(c(=O)n1C2)COC(=O)C3OC(=O)CCC(=O)NC(CC1=CCCC=C1)C(=O)O. The van der Waals surface area contributed by atoms with Crippen LogP contribution in [0.15, 0.2) is 52.9 Å². The quantitative estimate of drug-likeness (QED) is 0.238. The van der Waals surface area contributed by atoms with Crippen molar-refractivity contribution in [1.29, 1.82) is 0 Å². The van der Waals surface area contributed by atoms with Crippen LogP contribution in [0.1, 0.15) is 67.4 Å². The summed E-state index contributed by atoms with van der Waals surface area (Å²) in [6.07, 6.45) is 5.80. The van der Waals surface area contributed by atoms with Crippen LogP contribution in [0, 0.1) is 0 Å². The van der Waals surface area contributed by atoms with E-state index in [0.29, 0.717) is 23.3 Å². The fraction of sp³-hybridized carbons (Fsp3) is 0.333. The smallest absolute Gasteiger partial charge is 0.352 e. The van der Waals surface area contributed by atoms with Gasteiger partial charge in [0.2, 0.25) is 12.0 Å². The normalized spacial score (nSPS) is 17.0. The lowest BCUT2D eigenvalue weighted by Gasteiger charge is -2.25. The van der Waals surface area contributed by atoms with Crippen molar-refractivity contribution in [3.63, 3.8) is 0 Å². The maximum atomic E-state index is 13.6. The van der Waals surface area contributed by atoms with E-state index in [4.69, 9.17) is 14.5 Å².